The Morgan fingerprint density at radius 3 is 2.25 bits per heavy atom. The Balaban J connectivity index is 0.00000225. The maximum atomic E-state index is 11.4. The molecule has 0 saturated carbocycles. The molecular weight excluding hydrogens is 226 g/mol. The summed E-state index contributed by atoms with van der Waals surface area (Å²) in [5.41, 5.74) is 5.24. The average molecular weight is 250 g/mol. The molecule has 96 valence electrons. The van der Waals surface area contributed by atoms with Crippen molar-refractivity contribution in [2.24, 2.45) is 11.7 Å². The highest BCUT2D eigenvalue weighted by molar-refractivity contribution is 5.85. The molecule has 16 heavy (non-hydrogen) atoms. The highest BCUT2D eigenvalue weighted by atomic mass is 35.5. The first-order valence-electron chi connectivity index (χ1n) is 5.69. The molecule has 1 saturated heterocycles. The summed E-state index contributed by atoms with van der Waals surface area (Å²) in [4.78, 5) is 13.1. The van der Waals surface area contributed by atoms with Gasteiger partial charge in [0.2, 0.25) is 0 Å². The predicted molar refractivity (Wildman–Crippen MR) is 68.9 cm³/mol. The van der Waals surface area contributed by atoms with Crippen molar-refractivity contribution in [1.82, 2.24) is 10.2 Å². The number of carbonyl (C=O) groups is 1. The third-order valence-corrected chi connectivity index (χ3v) is 2.98. The van der Waals surface area contributed by atoms with Crippen molar-refractivity contribution in [3.05, 3.63) is 0 Å². The van der Waals surface area contributed by atoms with Crippen molar-refractivity contribution in [2.45, 2.75) is 39.2 Å². The van der Waals surface area contributed by atoms with E-state index in [1.165, 1.54) is 0 Å². The van der Waals surface area contributed by atoms with Crippen LogP contribution in [0.25, 0.3) is 0 Å². The lowest BCUT2D eigenvalue weighted by atomic mass is 9.95. The SMILES string of the molecule is CC(C)(C)N(CC1CCNCC1)C(N)=O.Cl. The minimum absolute atomic E-state index is 0. The van der Waals surface area contributed by atoms with Crippen molar-refractivity contribution in [3.8, 4) is 0 Å². The molecule has 0 radical (unpaired) electrons. The van der Waals surface area contributed by atoms with Crippen LogP contribution in [0.15, 0.2) is 0 Å². The molecule has 5 heteroatoms. The number of nitrogens with two attached hydrogens (primary N) is 1. The summed E-state index contributed by atoms with van der Waals surface area (Å²) in [6, 6.07) is -0.305. The van der Waals surface area contributed by atoms with Gasteiger partial charge in [-0.3, -0.25) is 0 Å². The molecule has 0 aromatic rings. The molecule has 0 aromatic heterocycles. The van der Waals surface area contributed by atoms with Gasteiger partial charge in [0.15, 0.2) is 0 Å². The maximum Gasteiger partial charge on any atom is 0.315 e. The zero-order chi connectivity index (χ0) is 11.5. The van der Waals surface area contributed by atoms with Crippen LogP contribution in [0.4, 0.5) is 4.79 Å². The molecule has 1 fully saturated rings. The second-order valence-corrected chi connectivity index (χ2v) is 5.31. The van der Waals surface area contributed by atoms with Gasteiger partial charge in [0.25, 0.3) is 0 Å². The Kier molecular flexibility index (Phi) is 6.11. The van der Waals surface area contributed by atoms with E-state index in [9.17, 15) is 4.79 Å². The Morgan fingerprint density at radius 2 is 1.88 bits per heavy atom. The number of nitrogens with one attached hydrogen (secondary N) is 1. The number of primary amides is 1. The first kappa shape index (κ1) is 15.5. The predicted octanol–water partition coefficient (Wildman–Crippen LogP) is 1.59. The highest BCUT2D eigenvalue weighted by Gasteiger charge is 2.27. The van der Waals surface area contributed by atoms with Crippen molar-refractivity contribution in [3.63, 3.8) is 0 Å². The fourth-order valence-corrected chi connectivity index (χ4v) is 2.02. The monoisotopic (exact) mass is 249 g/mol. The lowest BCUT2D eigenvalue weighted by Crippen LogP contribution is -2.51. The van der Waals surface area contributed by atoms with E-state index in [0.29, 0.717) is 5.92 Å². The number of halogens is 1. The van der Waals surface area contributed by atoms with Crippen molar-refractivity contribution >= 4 is 18.4 Å². The van der Waals surface area contributed by atoms with Crippen molar-refractivity contribution < 1.29 is 4.79 Å². The van der Waals surface area contributed by atoms with Crippen LogP contribution in [0.1, 0.15) is 33.6 Å². The third kappa shape index (κ3) is 4.58. The molecule has 4 nitrogen and oxygen atoms in total. The number of hydrogen-bond donors (Lipinski definition) is 2. The van der Waals surface area contributed by atoms with Gasteiger partial charge in [0, 0.05) is 12.1 Å². The van der Waals surface area contributed by atoms with Gasteiger partial charge in [-0.05, 0) is 52.6 Å². The van der Waals surface area contributed by atoms with E-state index in [4.69, 9.17) is 5.73 Å². The van der Waals surface area contributed by atoms with Crippen LogP contribution < -0.4 is 11.1 Å². The Labute approximate surface area is 104 Å². The van der Waals surface area contributed by atoms with E-state index in [0.717, 1.165) is 32.5 Å². The number of urea groups is 1. The fourth-order valence-electron chi connectivity index (χ4n) is 2.02. The van der Waals surface area contributed by atoms with Crippen LogP contribution in [0.2, 0.25) is 0 Å². The van der Waals surface area contributed by atoms with Crippen LogP contribution in [0.5, 0.6) is 0 Å². The highest BCUT2D eigenvalue weighted by Crippen LogP contribution is 2.19. The summed E-state index contributed by atoms with van der Waals surface area (Å²) >= 11 is 0. The average Bonchev–Trinajstić information content (AvgIpc) is 2.13. The topological polar surface area (TPSA) is 58.4 Å². The minimum atomic E-state index is -0.305. The number of nitrogens with zero attached hydrogens (tertiary/aromatic N) is 1. The van der Waals surface area contributed by atoms with Gasteiger partial charge in [-0.15, -0.1) is 12.4 Å². The van der Waals surface area contributed by atoms with Crippen LogP contribution in [0.3, 0.4) is 0 Å². The Bertz CT molecular complexity index is 222. The van der Waals surface area contributed by atoms with Crippen molar-refractivity contribution in [2.75, 3.05) is 19.6 Å². The van der Waals surface area contributed by atoms with Crippen LogP contribution >= 0.6 is 12.4 Å². The van der Waals surface area contributed by atoms with Gasteiger partial charge >= 0.3 is 6.03 Å². The Morgan fingerprint density at radius 1 is 1.38 bits per heavy atom. The second-order valence-electron chi connectivity index (χ2n) is 5.31. The normalized spacial score (nSPS) is 17.7. The summed E-state index contributed by atoms with van der Waals surface area (Å²) < 4.78 is 0. The van der Waals surface area contributed by atoms with Crippen molar-refractivity contribution in [1.29, 1.82) is 0 Å². The van der Waals surface area contributed by atoms with E-state index in [1.807, 2.05) is 20.8 Å². The molecule has 1 aliphatic rings. The molecular formula is C11H24ClN3O. The zero-order valence-corrected chi connectivity index (χ0v) is 11.3. The molecule has 1 rings (SSSR count). The molecule has 0 aliphatic carbocycles. The number of amides is 2. The molecule has 1 aliphatic heterocycles. The van der Waals surface area contributed by atoms with Gasteiger partial charge in [0.05, 0.1) is 0 Å². The first-order valence-corrected chi connectivity index (χ1v) is 5.69. The number of carbonyl (C=O) groups excluding carboxylic acids is 1. The molecule has 0 aromatic carbocycles. The maximum absolute atomic E-state index is 11.4. The first-order chi connectivity index (χ1) is 6.91. The van der Waals surface area contributed by atoms with Gasteiger partial charge in [0.1, 0.15) is 0 Å². The molecule has 0 bridgehead atoms. The van der Waals surface area contributed by atoms with E-state index in [2.05, 4.69) is 5.32 Å². The van der Waals surface area contributed by atoms with E-state index in [1.54, 1.807) is 4.90 Å². The molecule has 0 unspecified atom stereocenters. The van der Waals surface area contributed by atoms with Gasteiger partial charge in [-0.25, -0.2) is 4.79 Å². The fraction of sp³-hybridized carbons (Fsp3) is 0.909. The molecule has 2 amide bonds. The quantitative estimate of drug-likeness (QED) is 0.781. The number of hydrogen-bond acceptors (Lipinski definition) is 2. The van der Waals surface area contributed by atoms with Crippen LogP contribution in [-0.4, -0.2) is 36.1 Å². The van der Waals surface area contributed by atoms with E-state index in [-0.39, 0.29) is 24.0 Å². The second kappa shape index (κ2) is 6.30. The molecule has 0 atom stereocenters. The molecule has 0 spiro atoms. The molecule has 3 N–H and O–H groups in total. The van der Waals surface area contributed by atoms with Crippen LogP contribution in [0, 0.1) is 5.92 Å². The Hall–Kier alpha value is -0.480. The summed E-state index contributed by atoms with van der Waals surface area (Å²) in [6.07, 6.45) is 2.28. The smallest absolute Gasteiger partial charge is 0.315 e. The largest absolute Gasteiger partial charge is 0.351 e. The van der Waals surface area contributed by atoms with Crippen LogP contribution in [-0.2, 0) is 0 Å². The summed E-state index contributed by atoms with van der Waals surface area (Å²) in [7, 11) is 0. The lowest BCUT2D eigenvalue weighted by Gasteiger charge is -2.38. The van der Waals surface area contributed by atoms with Gasteiger partial charge in [-0.2, -0.15) is 0 Å². The third-order valence-electron chi connectivity index (χ3n) is 2.98. The number of rotatable bonds is 2. The summed E-state index contributed by atoms with van der Waals surface area (Å²) in [6.45, 7) is 8.99. The lowest BCUT2D eigenvalue weighted by molar-refractivity contribution is 0.129. The zero-order valence-electron chi connectivity index (χ0n) is 10.5. The van der Waals surface area contributed by atoms with Gasteiger partial charge in [-0.1, -0.05) is 0 Å². The number of piperidine rings is 1. The van der Waals surface area contributed by atoms with Gasteiger partial charge < -0.3 is 16.0 Å². The van der Waals surface area contributed by atoms with E-state index >= 15 is 0 Å². The summed E-state index contributed by atoms with van der Waals surface area (Å²) in [5, 5.41) is 3.32. The summed E-state index contributed by atoms with van der Waals surface area (Å²) in [5.74, 6) is 0.595. The standard InChI is InChI=1S/C11H23N3O.ClH/c1-11(2,3)14(10(12)15)8-9-4-6-13-7-5-9;/h9,13H,4-8H2,1-3H3,(H2,12,15);1H. The minimum Gasteiger partial charge on any atom is -0.351 e. The molecule has 1 heterocycles. The van der Waals surface area contributed by atoms with E-state index < -0.39 is 0 Å².